The lowest BCUT2D eigenvalue weighted by Gasteiger charge is -2.07. The highest BCUT2D eigenvalue weighted by atomic mass is 79.9. The Morgan fingerprint density at radius 3 is 2.39 bits per heavy atom. The molecule has 0 atom stereocenters. The summed E-state index contributed by atoms with van der Waals surface area (Å²) in [4.78, 5) is 24.5. The molecule has 0 spiro atoms. The van der Waals surface area contributed by atoms with Gasteiger partial charge in [0, 0.05) is 15.1 Å². The van der Waals surface area contributed by atoms with Crippen molar-refractivity contribution < 1.29 is 14.3 Å². The van der Waals surface area contributed by atoms with E-state index in [1.165, 1.54) is 6.21 Å². The van der Waals surface area contributed by atoms with E-state index in [0.29, 0.717) is 31.9 Å². The SMILES string of the molecule is O=C(Oc1ccccc1/C=N/NC(=O)c1ccccc1Br)c1ccc(Cl)cc1. The number of benzene rings is 3. The van der Waals surface area contributed by atoms with Crippen molar-refractivity contribution in [3.05, 3.63) is 99.0 Å². The summed E-state index contributed by atoms with van der Waals surface area (Å²) < 4.78 is 6.11. The molecule has 0 fully saturated rings. The monoisotopic (exact) mass is 456 g/mol. The lowest BCUT2D eigenvalue weighted by Crippen LogP contribution is -2.18. The first-order valence-electron chi connectivity index (χ1n) is 8.19. The van der Waals surface area contributed by atoms with Gasteiger partial charge in [0.2, 0.25) is 0 Å². The van der Waals surface area contributed by atoms with E-state index in [2.05, 4.69) is 26.5 Å². The van der Waals surface area contributed by atoms with E-state index < -0.39 is 5.97 Å². The minimum absolute atomic E-state index is 0.321. The molecule has 0 aliphatic carbocycles. The molecule has 3 aromatic rings. The third kappa shape index (κ3) is 5.06. The quantitative estimate of drug-likeness (QED) is 0.251. The van der Waals surface area contributed by atoms with E-state index in [4.69, 9.17) is 16.3 Å². The number of hydrazone groups is 1. The average Bonchev–Trinajstić information content (AvgIpc) is 2.70. The third-order valence-electron chi connectivity index (χ3n) is 3.69. The Kier molecular flexibility index (Phi) is 6.57. The molecule has 3 rings (SSSR count). The number of ether oxygens (including phenoxy) is 1. The third-order valence-corrected chi connectivity index (χ3v) is 4.63. The Hall–Kier alpha value is -2.96. The van der Waals surface area contributed by atoms with Gasteiger partial charge in [-0.3, -0.25) is 4.79 Å². The number of para-hydroxylation sites is 1. The molecule has 0 aliphatic heterocycles. The predicted octanol–water partition coefficient (Wildman–Crippen LogP) is 5.09. The van der Waals surface area contributed by atoms with Gasteiger partial charge in [0.1, 0.15) is 5.75 Å². The summed E-state index contributed by atoms with van der Waals surface area (Å²) in [6.07, 6.45) is 1.42. The molecule has 0 unspecified atom stereocenters. The van der Waals surface area contributed by atoms with Crippen LogP contribution >= 0.6 is 27.5 Å². The zero-order chi connectivity index (χ0) is 19.9. The summed E-state index contributed by atoms with van der Waals surface area (Å²) in [6.45, 7) is 0. The Balaban J connectivity index is 1.70. The molecule has 0 heterocycles. The van der Waals surface area contributed by atoms with Gasteiger partial charge in [0.05, 0.1) is 17.3 Å². The molecule has 28 heavy (non-hydrogen) atoms. The minimum Gasteiger partial charge on any atom is -0.422 e. The van der Waals surface area contributed by atoms with Crippen LogP contribution in [0, 0.1) is 0 Å². The number of esters is 1. The summed E-state index contributed by atoms with van der Waals surface area (Å²) in [5.41, 5.74) is 3.82. The van der Waals surface area contributed by atoms with Crippen LogP contribution in [0.3, 0.4) is 0 Å². The zero-order valence-electron chi connectivity index (χ0n) is 14.4. The number of halogens is 2. The van der Waals surface area contributed by atoms with Gasteiger partial charge < -0.3 is 4.74 Å². The second-order valence-electron chi connectivity index (χ2n) is 5.61. The summed E-state index contributed by atoms with van der Waals surface area (Å²) in [6, 6.07) is 20.3. The maximum Gasteiger partial charge on any atom is 0.343 e. The molecule has 0 saturated heterocycles. The molecule has 0 aromatic heterocycles. The Morgan fingerprint density at radius 1 is 0.964 bits per heavy atom. The number of hydrogen-bond acceptors (Lipinski definition) is 4. The lowest BCUT2D eigenvalue weighted by molar-refractivity contribution is 0.0734. The minimum atomic E-state index is -0.519. The van der Waals surface area contributed by atoms with Gasteiger partial charge in [-0.1, -0.05) is 35.9 Å². The standard InChI is InChI=1S/C21H14BrClN2O3/c22-18-7-3-2-6-17(18)20(26)25-24-13-15-5-1-4-8-19(15)28-21(27)14-9-11-16(23)12-10-14/h1-13H,(H,25,26)/b24-13+. The van der Waals surface area contributed by atoms with Crippen molar-refractivity contribution in [2.24, 2.45) is 5.10 Å². The second-order valence-corrected chi connectivity index (χ2v) is 6.90. The summed E-state index contributed by atoms with van der Waals surface area (Å²) in [7, 11) is 0. The fourth-order valence-electron chi connectivity index (χ4n) is 2.29. The summed E-state index contributed by atoms with van der Waals surface area (Å²) in [5, 5.41) is 4.49. The highest BCUT2D eigenvalue weighted by Crippen LogP contribution is 2.19. The number of carbonyl (C=O) groups is 2. The van der Waals surface area contributed by atoms with Gasteiger partial charge in [0.15, 0.2) is 0 Å². The van der Waals surface area contributed by atoms with E-state index in [9.17, 15) is 9.59 Å². The smallest absolute Gasteiger partial charge is 0.343 e. The predicted molar refractivity (Wildman–Crippen MR) is 112 cm³/mol. The first-order chi connectivity index (χ1) is 13.5. The number of amides is 1. The van der Waals surface area contributed by atoms with Crippen LogP contribution in [-0.2, 0) is 0 Å². The van der Waals surface area contributed by atoms with Crippen molar-refractivity contribution in [3.63, 3.8) is 0 Å². The molecule has 1 N–H and O–H groups in total. The number of hydrogen-bond donors (Lipinski definition) is 1. The van der Waals surface area contributed by atoms with Crippen LogP contribution in [0.15, 0.2) is 82.4 Å². The normalized spacial score (nSPS) is 10.6. The van der Waals surface area contributed by atoms with Crippen molar-refractivity contribution in [2.45, 2.75) is 0 Å². The number of carbonyl (C=O) groups excluding carboxylic acids is 2. The zero-order valence-corrected chi connectivity index (χ0v) is 16.8. The van der Waals surface area contributed by atoms with Crippen LogP contribution in [0.2, 0.25) is 5.02 Å². The molecule has 140 valence electrons. The first-order valence-corrected chi connectivity index (χ1v) is 9.36. The number of rotatable bonds is 5. The molecule has 0 radical (unpaired) electrons. The number of nitrogens with zero attached hydrogens (tertiary/aromatic N) is 1. The van der Waals surface area contributed by atoms with Gasteiger partial charge in [-0.15, -0.1) is 0 Å². The van der Waals surface area contributed by atoms with Crippen LogP contribution < -0.4 is 10.2 Å². The van der Waals surface area contributed by atoms with E-state index in [-0.39, 0.29) is 5.91 Å². The van der Waals surface area contributed by atoms with Crippen LogP contribution in [0.4, 0.5) is 0 Å². The topological polar surface area (TPSA) is 67.8 Å². The molecule has 3 aromatic carbocycles. The molecular formula is C21H14BrClN2O3. The molecule has 7 heteroatoms. The molecule has 1 amide bonds. The van der Waals surface area contributed by atoms with Crippen LogP contribution in [0.5, 0.6) is 5.75 Å². The van der Waals surface area contributed by atoms with Crippen LogP contribution in [0.25, 0.3) is 0 Å². The van der Waals surface area contributed by atoms with Gasteiger partial charge in [0.25, 0.3) is 5.91 Å². The van der Waals surface area contributed by atoms with Crippen LogP contribution in [0.1, 0.15) is 26.3 Å². The molecule has 0 aliphatic rings. The highest BCUT2D eigenvalue weighted by Gasteiger charge is 2.11. The summed E-state index contributed by atoms with van der Waals surface area (Å²) in [5.74, 6) is -0.560. The van der Waals surface area contributed by atoms with Gasteiger partial charge in [-0.2, -0.15) is 5.10 Å². The highest BCUT2D eigenvalue weighted by molar-refractivity contribution is 9.10. The Morgan fingerprint density at radius 2 is 1.64 bits per heavy atom. The maximum absolute atomic E-state index is 12.3. The van der Waals surface area contributed by atoms with Gasteiger partial charge >= 0.3 is 5.97 Å². The lowest BCUT2D eigenvalue weighted by atomic mass is 10.2. The van der Waals surface area contributed by atoms with Gasteiger partial charge in [-0.25, -0.2) is 10.2 Å². The fourth-order valence-corrected chi connectivity index (χ4v) is 2.88. The van der Waals surface area contributed by atoms with E-state index in [1.54, 1.807) is 66.7 Å². The van der Waals surface area contributed by atoms with Crippen molar-refractivity contribution in [1.82, 2.24) is 5.43 Å². The second kappa shape index (κ2) is 9.30. The fraction of sp³-hybridized carbons (Fsp3) is 0. The van der Waals surface area contributed by atoms with Crippen molar-refractivity contribution in [2.75, 3.05) is 0 Å². The van der Waals surface area contributed by atoms with E-state index in [1.807, 2.05) is 6.07 Å². The van der Waals surface area contributed by atoms with Crippen molar-refractivity contribution >= 4 is 45.6 Å². The maximum atomic E-state index is 12.3. The molecule has 5 nitrogen and oxygen atoms in total. The Bertz CT molecular complexity index is 1040. The van der Waals surface area contributed by atoms with Crippen molar-refractivity contribution in [1.29, 1.82) is 0 Å². The van der Waals surface area contributed by atoms with E-state index in [0.717, 1.165) is 0 Å². The molecule has 0 bridgehead atoms. The largest absolute Gasteiger partial charge is 0.422 e. The van der Waals surface area contributed by atoms with Crippen molar-refractivity contribution in [3.8, 4) is 5.75 Å². The first kappa shape index (κ1) is 19.8. The molecular weight excluding hydrogens is 444 g/mol. The Labute approximate surface area is 175 Å². The van der Waals surface area contributed by atoms with Gasteiger partial charge in [-0.05, 0) is 64.5 Å². The summed E-state index contributed by atoms with van der Waals surface area (Å²) >= 11 is 9.15. The average molecular weight is 458 g/mol. The van der Waals surface area contributed by atoms with Crippen LogP contribution in [-0.4, -0.2) is 18.1 Å². The number of nitrogens with one attached hydrogen (secondary N) is 1. The molecule has 0 saturated carbocycles. The van der Waals surface area contributed by atoms with E-state index >= 15 is 0 Å².